The fourth-order valence-electron chi connectivity index (χ4n) is 2.96. The highest BCUT2D eigenvalue weighted by molar-refractivity contribution is 6.05. The van der Waals surface area contributed by atoms with Crippen molar-refractivity contribution in [3.05, 3.63) is 77.1 Å². The van der Waals surface area contributed by atoms with Crippen molar-refractivity contribution >= 4 is 23.0 Å². The number of aromatic nitrogens is 1. The summed E-state index contributed by atoms with van der Waals surface area (Å²) < 4.78 is 5.32. The molecular weight excluding hydrogens is 338 g/mol. The lowest BCUT2D eigenvalue weighted by molar-refractivity contribution is 0.102. The van der Waals surface area contributed by atoms with Gasteiger partial charge >= 0.3 is 0 Å². The Morgan fingerprint density at radius 1 is 0.889 bits per heavy atom. The second-order valence-corrected chi connectivity index (χ2v) is 6.62. The predicted molar refractivity (Wildman–Crippen MR) is 109 cm³/mol. The molecule has 1 amide bonds. The van der Waals surface area contributed by atoms with Crippen molar-refractivity contribution < 1.29 is 9.53 Å². The molecule has 2 N–H and O–H groups in total. The number of aryl methyl sites for hydroxylation is 3. The molecule has 3 rings (SSSR count). The van der Waals surface area contributed by atoms with Gasteiger partial charge in [0.15, 0.2) is 0 Å². The summed E-state index contributed by atoms with van der Waals surface area (Å²) in [5.74, 6) is 0.377. The van der Waals surface area contributed by atoms with Crippen molar-refractivity contribution in [2.45, 2.75) is 20.8 Å². The summed E-state index contributed by atoms with van der Waals surface area (Å²) in [4.78, 5) is 16.9. The van der Waals surface area contributed by atoms with E-state index in [2.05, 4.69) is 47.7 Å². The van der Waals surface area contributed by atoms with E-state index in [9.17, 15) is 4.79 Å². The van der Waals surface area contributed by atoms with Gasteiger partial charge in [0.1, 0.15) is 5.75 Å². The Balaban J connectivity index is 1.80. The highest BCUT2D eigenvalue weighted by Gasteiger charge is 2.11. The van der Waals surface area contributed by atoms with Crippen molar-refractivity contribution in [1.29, 1.82) is 0 Å². The summed E-state index contributed by atoms with van der Waals surface area (Å²) in [6.45, 7) is 6.07. The molecule has 27 heavy (non-hydrogen) atoms. The summed E-state index contributed by atoms with van der Waals surface area (Å²) in [6, 6.07) is 13.6. The molecule has 2 aromatic carbocycles. The molecule has 0 unspecified atom stereocenters. The second kappa shape index (κ2) is 7.91. The van der Waals surface area contributed by atoms with E-state index in [0.29, 0.717) is 17.0 Å². The van der Waals surface area contributed by atoms with Gasteiger partial charge in [0.05, 0.1) is 30.2 Å². The number of nitrogens with one attached hydrogen (secondary N) is 2. The summed E-state index contributed by atoms with van der Waals surface area (Å²) in [5.41, 5.74) is 6.20. The van der Waals surface area contributed by atoms with Crippen LogP contribution in [-0.4, -0.2) is 18.0 Å². The number of methoxy groups -OCH3 is 1. The highest BCUT2D eigenvalue weighted by atomic mass is 16.5. The summed E-state index contributed by atoms with van der Waals surface area (Å²) in [6.07, 6.45) is 3.24. The second-order valence-electron chi connectivity index (χ2n) is 6.62. The largest absolute Gasteiger partial charge is 0.495 e. The zero-order valence-electron chi connectivity index (χ0n) is 16.0. The Morgan fingerprint density at radius 2 is 1.63 bits per heavy atom. The zero-order chi connectivity index (χ0) is 19.4. The lowest BCUT2D eigenvalue weighted by Crippen LogP contribution is -2.13. The smallest absolute Gasteiger partial charge is 0.257 e. The molecule has 0 aliphatic rings. The fraction of sp³-hybridized carbons (Fsp3) is 0.182. The van der Waals surface area contributed by atoms with Crippen LogP contribution in [0.2, 0.25) is 0 Å². The first-order valence-electron chi connectivity index (χ1n) is 8.71. The molecule has 0 radical (unpaired) electrons. The molecule has 0 saturated heterocycles. The predicted octanol–water partition coefficient (Wildman–Crippen LogP) is 5.01. The number of hydrogen-bond acceptors (Lipinski definition) is 4. The molecule has 5 heteroatoms. The molecule has 0 aliphatic carbocycles. The number of anilines is 3. The summed E-state index contributed by atoms with van der Waals surface area (Å²) in [5, 5.41) is 6.21. The van der Waals surface area contributed by atoms with Gasteiger partial charge in [0.25, 0.3) is 5.91 Å². The molecule has 0 saturated carbocycles. The molecule has 3 aromatic rings. The number of nitrogens with zero attached hydrogens (tertiary/aromatic N) is 1. The van der Waals surface area contributed by atoms with E-state index < -0.39 is 0 Å². The normalized spacial score (nSPS) is 10.4. The van der Waals surface area contributed by atoms with Gasteiger partial charge in [-0.1, -0.05) is 12.1 Å². The average Bonchev–Trinajstić information content (AvgIpc) is 2.61. The van der Waals surface area contributed by atoms with E-state index in [4.69, 9.17) is 4.74 Å². The number of amides is 1. The summed E-state index contributed by atoms with van der Waals surface area (Å²) >= 11 is 0. The molecule has 0 spiro atoms. The molecule has 0 aliphatic heterocycles. The van der Waals surface area contributed by atoms with Crippen molar-refractivity contribution in [3.63, 3.8) is 0 Å². The minimum absolute atomic E-state index is 0.240. The zero-order valence-corrected chi connectivity index (χ0v) is 16.0. The third-order valence-corrected chi connectivity index (χ3v) is 4.11. The first-order valence-corrected chi connectivity index (χ1v) is 8.71. The quantitative estimate of drug-likeness (QED) is 0.670. The van der Waals surface area contributed by atoms with Crippen molar-refractivity contribution in [2.75, 3.05) is 17.7 Å². The number of carbonyl (C=O) groups is 1. The lowest BCUT2D eigenvalue weighted by atomic mass is 10.1. The van der Waals surface area contributed by atoms with Gasteiger partial charge in [0, 0.05) is 11.9 Å². The van der Waals surface area contributed by atoms with Gasteiger partial charge < -0.3 is 15.4 Å². The van der Waals surface area contributed by atoms with E-state index in [0.717, 1.165) is 16.9 Å². The maximum Gasteiger partial charge on any atom is 0.257 e. The van der Waals surface area contributed by atoms with E-state index >= 15 is 0 Å². The third kappa shape index (κ3) is 4.64. The van der Waals surface area contributed by atoms with E-state index in [-0.39, 0.29) is 5.91 Å². The average molecular weight is 361 g/mol. The molecule has 138 valence electrons. The topological polar surface area (TPSA) is 63.2 Å². The number of hydrogen-bond donors (Lipinski definition) is 2. The van der Waals surface area contributed by atoms with Crippen LogP contribution >= 0.6 is 0 Å². The number of pyridine rings is 1. The molecule has 1 aromatic heterocycles. The monoisotopic (exact) mass is 361 g/mol. The van der Waals surface area contributed by atoms with Gasteiger partial charge in [0.2, 0.25) is 0 Å². The molecule has 5 nitrogen and oxygen atoms in total. The lowest BCUT2D eigenvalue weighted by Gasteiger charge is -2.12. The van der Waals surface area contributed by atoms with Crippen molar-refractivity contribution in [1.82, 2.24) is 4.98 Å². The Morgan fingerprint density at radius 3 is 2.33 bits per heavy atom. The standard InChI is InChI=1S/C22H23N3O2/c1-14-5-6-21(27-4)20(10-14)25-22(26)17-11-19(13-23-12-17)24-18-8-15(2)7-16(3)9-18/h5-13,24H,1-4H3,(H,25,26). The van der Waals surface area contributed by atoms with Gasteiger partial charge in [-0.2, -0.15) is 0 Å². The van der Waals surface area contributed by atoms with Gasteiger partial charge in [-0.15, -0.1) is 0 Å². The molecule has 0 bridgehead atoms. The van der Waals surface area contributed by atoms with Crippen LogP contribution in [0.3, 0.4) is 0 Å². The highest BCUT2D eigenvalue weighted by Crippen LogP contribution is 2.26. The van der Waals surface area contributed by atoms with Crippen LogP contribution in [0.5, 0.6) is 5.75 Å². The fourth-order valence-corrected chi connectivity index (χ4v) is 2.96. The van der Waals surface area contributed by atoms with Gasteiger partial charge in [-0.05, 0) is 67.8 Å². The first-order chi connectivity index (χ1) is 12.9. The maximum absolute atomic E-state index is 12.7. The Hall–Kier alpha value is -3.34. The van der Waals surface area contributed by atoms with Crippen LogP contribution in [0.1, 0.15) is 27.0 Å². The van der Waals surface area contributed by atoms with Gasteiger partial charge in [-0.25, -0.2) is 0 Å². The third-order valence-electron chi connectivity index (χ3n) is 4.11. The van der Waals surface area contributed by atoms with E-state index in [1.54, 1.807) is 25.6 Å². The van der Waals surface area contributed by atoms with Crippen LogP contribution in [0, 0.1) is 20.8 Å². The Labute approximate surface area is 159 Å². The molecular formula is C22H23N3O2. The van der Waals surface area contributed by atoms with Crippen LogP contribution in [0.4, 0.5) is 17.1 Å². The van der Waals surface area contributed by atoms with E-state index in [1.165, 1.54) is 11.1 Å². The number of ether oxygens (including phenoxy) is 1. The van der Waals surface area contributed by atoms with E-state index in [1.807, 2.05) is 25.1 Å². The maximum atomic E-state index is 12.7. The first kappa shape index (κ1) is 18.5. The molecule has 0 atom stereocenters. The Kier molecular flexibility index (Phi) is 5.41. The van der Waals surface area contributed by atoms with Gasteiger partial charge in [-0.3, -0.25) is 9.78 Å². The van der Waals surface area contributed by atoms with Crippen LogP contribution in [-0.2, 0) is 0 Å². The Bertz CT molecular complexity index is 963. The molecule has 1 heterocycles. The summed E-state index contributed by atoms with van der Waals surface area (Å²) in [7, 11) is 1.58. The molecule has 0 fully saturated rings. The number of carbonyl (C=O) groups excluding carboxylic acids is 1. The van der Waals surface area contributed by atoms with Crippen LogP contribution in [0.25, 0.3) is 0 Å². The number of rotatable bonds is 5. The van der Waals surface area contributed by atoms with Crippen LogP contribution in [0.15, 0.2) is 54.9 Å². The number of benzene rings is 2. The van der Waals surface area contributed by atoms with Crippen molar-refractivity contribution in [3.8, 4) is 5.75 Å². The minimum Gasteiger partial charge on any atom is -0.495 e. The van der Waals surface area contributed by atoms with Crippen LogP contribution < -0.4 is 15.4 Å². The van der Waals surface area contributed by atoms with Crippen molar-refractivity contribution in [2.24, 2.45) is 0 Å². The SMILES string of the molecule is COc1ccc(C)cc1NC(=O)c1cncc(Nc2cc(C)cc(C)c2)c1. The minimum atomic E-state index is -0.240.